The molecular formula is C30H26BrN5O4. The van der Waals surface area contributed by atoms with Gasteiger partial charge in [0, 0.05) is 23.1 Å². The molecule has 0 aliphatic carbocycles. The average Bonchev–Trinajstić information content (AvgIpc) is 3.53. The number of imide groups is 1. The van der Waals surface area contributed by atoms with Gasteiger partial charge in [0.05, 0.1) is 28.7 Å². The Morgan fingerprint density at radius 2 is 1.60 bits per heavy atom. The van der Waals surface area contributed by atoms with E-state index in [0.717, 1.165) is 20.6 Å². The van der Waals surface area contributed by atoms with Gasteiger partial charge in [0.15, 0.2) is 0 Å². The number of halogens is 1. The molecule has 1 fully saturated rings. The number of benzene rings is 3. The maximum Gasteiger partial charge on any atom is 0.266 e. The van der Waals surface area contributed by atoms with Gasteiger partial charge in [-0.3, -0.25) is 14.4 Å². The molecule has 0 atom stereocenters. The second kappa shape index (κ2) is 9.79. The van der Waals surface area contributed by atoms with E-state index in [-0.39, 0.29) is 17.7 Å². The van der Waals surface area contributed by atoms with E-state index in [1.807, 2.05) is 25.1 Å². The van der Waals surface area contributed by atoms with Crippen molar-refractivity contribution in [3.05, 3.63) is 105 Å². The highest BCUT2D eigenvalue weighted by atomic mass is 79.9. The van der Waals surface area contributed by atoms with Crippen LogP contribution in [0.1, 0.15) is 60.7 Å². The van der Waals surface area contributed by atoms with E-state index < -0.39 is 5.60 Å². The van der Waals surface area contributed by atoms with Crippen molar-refractivity contribution < 1.29 is 19.5 Å². The lowest BCUT2D eigenvalue weighted by atomic mass is 9.88. The van der Waals surface area contributed by atoms with Crippen molar-refractivity contribution in [2.75, 3.05) is 18.0 Å². The summed E-state index contributed by atoms with van der Waals surface area (Å²) in [5.41, 5.74) is 3.50. The molecule has 2 aliphatic heterocycles. The van der Waals surface area contributed by atoms with Crippen LogP contribution in [0.15, 0.2) is 71.3 Å². The minimum absolute atomic E-state index is 0.165. The molecule has 2 aliphatic rings. The zero-order valence-electron chi connectivity index (χ0n) is 22.0. The molecule has 3 aromatic carbocycles. The number of anilines is 1. The summed E-state index contributed by atoms with van der Waals surface area (Å²) >= 11 is 3.50. The van der Waals surface area contributed by atoms with Crippen LogP contribution in [0.5, 0.6) is 0 Å². The molecule has 10 heteroatoms. The monoisotopic (exact) mass is 599 g/mol. The van der Waals surface area contributed by atoms with Crippen molar-refractivity contribution in [3.63, 3.8) is 0 Å². The van der Waals surface area contributed by atoms with E-state index in [2.05, 4.69) is 26.2 Å². The molecule has 1 N–H and O–H groups in total. The van der Waals surface area contributed by atoms with Crippen molar-refractivity contribution >= 4 is 39.3 Å². The Hall–Kier alpha value is -4.15. The van der Waals surface area contributed by atoms with E-state index in [1.165, 1.54) is 0 Å². The quantitative estimate of drug-likeness (QED) is 0.344. The number of fused-ring (bicyclic) bond motifs is 1. The number of amides is 3. The van der Waals surface area contributed by atoms with Crippen LogP contribution < -0.4 is 4.90 Å². The summed E-state index contributed by atoms with van der Waals surface area (Å²) in [6.07, 6.45) is 2.38. The Morgan fingerprint density at radius 3 is 2.23 bits per heavy atom. The molecule has 0 spiro atoms. The molecule has 6 rings (SSSR count). The zero-order valence-corrected chi connectivity index (χ0v) is 23.6. The lowest BCUT2D eigenvalue weighted by Gasteiger charge is -2.37. The molecule has 0 saturated carbocycles. The van der Waals surface area contributed by atoms with Crippen LogP contribution in [0.4, 0.5) is 5.69 Å². The Labute approximate surface area is 239 Å². The number of carbonyl (C=O) groups is 3. The van der Waals surface area contributed by atoms with Crippen LogP contribution in [-0.2, 0) is 5.60 Å². The molecule has 40 heavy (non-hydrogen) atoms. The normalized spacial score (nSPS) is 16.4. The summed E-state index contributed by atoms with van der Waals surface area (Å²) in [6.45, 7) is 4.47. The molecular weight excluding hydrogens is 574 g/mol. The van der Waals surface area contributed by atoms with Gasteiger partial charge in [-0.05, 0) is 86.3 Å². The molecule has 0 unspecified atom stereocenters. The molecule has 0 bridgehead atoms. The first-order valence-corrected chi connectivity index (χ1v) is 13.7. The van der Waals surface area contributed by atoms with Crippen LogP contribution in [0, 0.1) is 13.8 Å². The predicted molar refractivity (Wildman–Crippen MR) is 152 cm³/mol. The summed E-state index contributed by atoms with van der Waals surface area (Å²) in [7, 11) is 0. The fraction of sp³-hybridized carbons (Fsp3) is 0.233. The van der Waals surface area contributed by atoms with Gasteiger partial charge in [-0.15, -0.1) is 5.10 Å². The van der Waals surface area contributed by atoms with Crippen LogP contribution in [0.3, 0.4) is 0 Å². The van der Waals surface area contributed by atoms with Crippen LogP contribution >= 0.6 is 15.9 Å². The molecule has 4 aromatic rings. The summed E-state index contributed by atoms with van der Waals surface area (Å²) in [4.78, 5) is 42.0. The number of nitrogens with zero attached hydrogens (tertiary/aromatic N) is 5. The number of carbonyl (C=O) groups excluding carboxylic acids is 3. The van der Waals surface area contributed by atoms with E-state index in [0.29, 0.717) is 59.6 Å². The maximum absolute atomic E-state index is 13.4. The fourth-order valence-electron chi connectivity index (χ4n) is 5.41. The number of piperidine rings is 1. The third kappa shape index (κ3) is 4.43. The molecule has 1 aromatic heterocycles. The second-order valence-electron chi connectivity index (χ2n) is 10.3. The van der Waals surface area contributed by atoms with Crippen LogP contribution in [0.2, 0.25) is 0 Å². The minimum Gasteiger partial charge on any atom is -0.383 e. The van der Waals surface area contributed by atoms with Crippen molar-refractivity contribution in [1.29, 1.82) is 0 Å². The SMILES string of the molecule is Cc1cc(Br)cc(-n2cc(C3(O)CCN(C(=O)c4ccc(N5C(=O)c6ccccc6C5=O)cc4C)CC3)nn2)c1. The zero-order chi connectivity index (χ0) is 28.2. The van der Waals surface area contributed by atoms with Crippen molar-refractivity contribution in [2.45, 2.75) is 32.3 Å². The van der Waals surface area contributed by atoms with Crippen LogP contribution in [0.25, 0.3) is 5.69 Å². The second-order valence-corrected chi connectivity index (χ2v) is 11.3. The van der Waals surface area contributed by atoms with Gasteiger partial charge in [0.1, 0.15) is 11.3 Å². The molecule has 202 valence electrons. The fourth-order valence-corrected chi connectivity index (χ4v) is 6.01. The number of hydrogen-bond donors (Lipinski definition) is 1. The first-order valence-electron chi connectivity index (χ1n) is 13.0. The predicted octanol–water partition coefficient (Wildman–Crippen LogP) is 4.57. The molecule has 3 amide bonds. The Morgan fingerprint density at radius 1 is 0.925 bits per heavy atom. The third-order valence-corrected chi connectivity index (χ3v) is 8.09. The lowest BCUT2D eigenvalue weighted by Crippen LogP contribution is -2.45. The average molecular weight is 600 g/mol. The van der Waals surface area contributed by atoms with Gasteiger partial charge in [-0.1, -0.05) is 33.3 Å². The highest BCUT2D eigenvalue weighted by Crippen LogP contribution is 2.34. The lowest BCUT2D eigenvalue weighted by molar-refractivity contribution is -0.0245. The minimum atomic E-state index is -1.19. The number of likely N-dealkylation sites (tertiary alicyclic amines) is 1. The van der Waals surface area contributed by atoms with Crippen molar-refractivity contribution in [1.82, 2.24) is 19.9 Å². The van der Waals surface area contributed by atoms with Crippen molar-refractivity contribution in [2.24, 2.45) is 0 Å². The van der Waals surface area contributed by atoms with E-state index in [1.54, 1.807) is 65.2 Å². The highest BCUT2D eigenvalue weighted by Gasteiger charge is 2.39. The first-order chi connectivity index (χ1) is 19.1. The molecule has 0 radical (unpaired) electrons. The van der Waals surface area contributed by atoms with Gasteiger partial charge in [0.2, 0.25) is 0 Å². The Kier molecular flexibility index (Phi) is 6.39. The number of aromatic nitrogens is 3. The Balaban J connectivity index is 1.15. The topological polar surface area (TPSA) is 109 Å². The standard InChI is InChI=1S/C30H26BrN5O4/c1-18-13-20(31)16-22(14-18)35-17-26(32-33-35)30(40)9-11-34(12-10-30)27(37)23-8-7-21(15-19(23)2)36-28(38)24-5-3-4-6-25(24)29(36)39/h3-8,13-17,40H,9-12H2,1-2H3. The van der Waals surface area contributed by atoms with Gasteiger partial charge < -0.3 is 10.0 Å². The third-order valence-electron chi connectivity index (χ3n) is 7.63. The maximum atomic E-state index is 13.4. The van der Waals surface area contributed by atoms with E-state index >= 15 is 0 Å². The summed E-state index contributed by atoms with van der Waals surface area (Å²) in [6, 6.07) is 17.6. The number of aryl methyl sites for hydroxylation is 2. The molecule has 1 saturated heterocycles. The van der Waals surface area contributed by atoms with Crippen molar-refractivity contribution in [3.8, 4) is 5.69 Å². The van der Waals surface area contributed by atoms with Gasteiger partial charge in [0.25, 0.3) is 17.7 Å². The van der Waals surface area contributed by atoms with E-state index in [9.17, 15) is 19.5 Å². The number of aliphatic hydroxyl groups is 1. The highest BCUT2D eigenvalue weighted by molar-refractivity contribution is 9.10. The molecule has 3 heterocycles. The number of hydrogen-bond acceptors (Lipinski definition) is 6. The smallest absolute Gasteiger partial charge is 0.266 e. The molecule has 9 nitrogen and oxygen atoms in total. The number of rotatable bonds is 4. The first kappa shape index (κ1) is 26.1. The summed E-state index contributed by atoms with van der Waals surface area (Å²) < 4.78 is 2.57. The van der Waals surface area contributed by atoms with E-state index in [4.69, 9.17) is 0 Å². The largest absolute Gasteiger partial charge is 0.383 e. The van der Waals surface area contributed by atoms with Gasteiger partial charge >= 0.3 is 0 Å². The van der Waals surface area contributed by atoms with Crippen LogP contribution in [-0.4, -0.2) is 55.8 Å². The van der Waals surface area contributed by atoms with Gasteiger partial charge in [-0.25, -0.2) is 9.58 Å². The summed E-state index contributed by atoms with van der Waals surface area (Å²) in [5, 5.41) is 19.9. The Bertz CT molecular complexity index is 1630. The summed E-state index contributed by atoms with van der Waals surface area (Å²) in [5.74, 6) is -0.913. The van der Waals surface area contributed by atoms with Gasteiger partial charge in [-0.2, -0.15) is 0 Å².